The third kappa shape index (κ3) is 3.31. The highest BCUT2D eigenvalue weighted by Crippen LogP contribution is 2.19. The van der Waals surface area contributed by atoms with Crippen LogP contribution in [0.5, 0.6) is 0 Å². The van der Waals surface area contributed by atoms with Gasteiger partial charge in [0.2, 0.25) is 0 Å². The first kappa shape index (κ1) is 16.9. The summed E-state index contributed by atoms with van der Waals surface area (Å²) in [6.07, 6.45) is 0.762. The number of fused-ring (bicyclic) bond motifs is 1. The van der Waals surface area contributed by atoms with Crippen molar-refractivity contribution in [1.82, 2.24) is 15.1 Å². The number of carbonyl (C=O) groups is 1. The normalized spacial score (nSPS) is 12.1. The molecule has 1 aromatic heterocycles. The number of rotatable bonds is 4. The molecule has 2 aromatic carbocycles. The molecule has 1 amide bonds. The van der Waals surface area contributed by atoms with Crippen LogP contribution in [-0.4, -0.2) is 15.7 Å². The van der Waals surface area contributed by atoms with Gasteiger partial charge in [-0.05, 0) is 25.0 Å². The molecule has 5 heteroatoms. The largest absolute Gasteiger partial charge is 0.344 e. The summed E-state index contributed by atoms with van der Waals surface area (Å²) in [6, 6.07) is 15.1. The van der Waals surface area contributed by atoms with Crippen molar-refractivity contribution in [3.8, 4) is 0 Å². The Morgan fingerprint density at radius 1 is 1.12 bits per heavy atom. The highest BCUT2D eigenvalue weighted by molar-refractivity contribution is 6.04. The van der Waals surface area contributed by atoms with Gasteiger partial charge in [-0.2, -0.15) is 5.10 Å². The van der Waals surface area contributed by atoms with Gasteiger partial charge in [-0.15, -0.1) is 0 Å². The fraction of sp³-hybridized carbons (Fsp3) is 0.250. The second-order valence-corrected chi connectivity index (χ2v) is 6.17. The van der Waals surface area contributed by atoms with E-state index < -0.39 is 0 Å². The topological polar surface area (TPSA) is 64.0 Å². The van der Waals surface area contributed by atoms with E-state index in [4.69, 9.17) is 0 Å². The van der Waals surface area contributed by atoms with Crippen molar-refractivity contribution in [3.63, 3.8) is 0 Å². The third-order valence-corrected chi connectivity index (χ3v) is 4.36. The lowest BCUT2D eigenvalue weighted by atomic mass is 10.0. The lowest BCUT2D eigenvalue weighted by Crippen LogP contribution is -2.32. The Bertz CT molecular complexity index is 974. The molecule has 1 atom stereocenters. The number of benzene rings is 2. The molecule has 1 N–H and O–H groups in total. The van der Waals surface area contributed by atoms with Gasteiger partial charge in [0.25, 0.3) is 11.5 Å². The molecule has 5 nitrogen and oxygen atoms in total. The molecule has 0 saturated carbocycles. The molecule has 0 spiro atoms. The van der Waals surface area contributed by atoms with Gasteiger partial charge in [-0.3, -0.25) is 9.59 Å². The minimum absolute atomic E-state index is 0.106. The Morgan fingerprint density at radius 3 is 2.40 bits per heavy atom. The van der Waals surface area contributed by atoms with E-state index in [1.807, 2.05) is 38.1 Å². The van der Waals surface area contributed by atoms with Crippen LogP contribution >= 0.6 is 0 Å². The molecule has 0 radical (unpaired) electrons. The Morgan fingerprint density at radius 2 is 1.76 bits per heavy atom. The van der Waals surface area contributed by atoms with Gasteiger partial charge in [-0.1, -0.05) is 55.0 Å². The number of nitrogens with one attached hydrogen (secondary N) is 1. The molecule has 3 aromatic rings. The molecule has 0 bridgehead atoms. The van der Waals surface area contributed by atoms with Crippen LogP contribution in [-0.2, 0) is 7.05 Å². The van der Waals surface area contributed by atoms with Crippen molar-refractivity contribution in [2.75, 3.05) is 0 Å². The first-order valence-electron chi connectivity index (χ1n) is 8.34. The van der Waals surface area contributed by atoms with Crippen molar-refractivity contribution in [2.45, 2.75) is 26.3 Å². The van der Waals surface area contributed by atoms with Crippen molar-refractivity contribution in [3.05, 3.63) is 75.7 Å². The zero-order valence-corrected chi connectivity index (χ0v) is 14.6. The molecule has 0 saturated heterocycles. The summed E-state index contributed by atoms with van der Waals surface area (Å²) in [4.78, 5) is 25.0. The maximum atomic E-state index is 12.8. The van der Waals surface area contributed by atoms with Crippen LogP contribution in [0.4, 0.5) is 0 Å². The molecule has 3 rings (SSSR count). The Balaban J connectivity index is 1.98. The van der Waals surface area contributed by atoms with E-state index in [1.54, 1.807) is 31.3 Å². The number of aromatic nitrogens is 2. The highest BCUT2D eigenvalue weighted by Gasteiger charge is 2.19. The van der Waals surface area contributed by atoms with Crippen LogP contribution in [0.15, 0.2) is 53.3 Å². The summed E-state index contributed by atoms with van der Waals surface area (Å²) in [7, 11) is 1.56. The van der Waals surface area contributed by atoms with Gasteiger partial charge < -0.3 is 5.32 Å². The quantitative estimate of drug-likeness (QED) is 0.797. The second-order valence-electron chi connectivity index (χ2n) is 6.17. The summed E-state index contributed by atoms with van der Waals surface area (Å²) in [5.74, 6) is -0.278. The van der Waals surface area contributed by atoms with Crippen molar-refractivity contribution in [1.29, 1.82) is 0 Å². The molecular weight excluding hydrogens is 314 g/mol. The van der Waals surface area contributed by atoms with Crippen molar-refractivity contribution >= 4 is 16.7 Å². The van der Waals surface area contributed by atoms with E-state index >= 15 is 0 Å². The molecule has 0 fully saturated rings. The van der Waals surface area contributed by atoms with Gasteiger partial charge >= 0.3 is 0 Å². The number of amides is 1. The monoisotopic (exact) mass is 335 g/mol. The molecular formula is C20H21N3O2. The van der Waals surface area contributed by atoms with Crippen LogP contribution < -0.4 is 10.9 Å². The van der Waals surface area contributed by atoms with E-state index in [2.05, 4.69) is 10.4 Å². The van der Waals surface area contributed by atoms with Gasteiger partial charge in [0.15, 0.2) is 5.69 Å². The van der Waals surface area contributed by atoms with E-state index in [0.717, 1.165) is 12.0 Å². The summed E-state index contributed by atoms with van der Waals surface area (Å²) < 4.78 is 1.21. The van der Waals surface area contributed by atoms with Crippen LogP contribution in [0.2, 0.25) is 0 Å². The lowest BCUT2D eigenvalue weighted by molar-refractivity contribution is 0.0930. The van der Waals surface area contributed by atoms with Crippen molar-refractivity contribution in [2.24, 2.45) is 7.05 Å². The minimum atomic E-state index is -0.278. The standard InChI is InChI=1S/C20H21N3O2/c1-4-17(14-11-9-13(2)10-12-14)21-19(24)18-15-7-5-6-8-16(15)20(25)23(3)22-18/h5-12,17H,4H2,1-3H3,(H,21,24)/t17-/m0/s1. The molecule has 0 aliphatic carbocycles. The highest BCUT2D eigenvalue weighted by atomic mass is 16.2. The van der Waals surface area contributed by atoms with E-state index in [9.17, 15) is 9.59 Å². The first-order chi connectivity index (χ1) is 12.0. The molecule has 0 aliphatic rings. The van der Waals surface area contributed by atoms with Crippen LogP contribution in [0.3, 0.4) is 0 Å². The summed E-state index contributed by atoms with van der Waals surface area (Å²) >= 11 is 0. The van der Waals surface area contributed by atoms with E-state index in [-0.39, 0.29) is 23.2 Å². The number of aryl methyl sites for hydroxylation is 2. The Labute approximate surface area is 146 Å². The summed E-state index contributed by atoms with van der Waals surface area (Å²) in [6.45, 7) is 4.06. The summed E-state index contributed by atoms with van der Waals surface area (Å²) in [5, 5.41) is 8.29. The zero-order chi connectivity index (χ0) is 18.0. The van der Waals surface area contributed by atoms with E-state index in [1.165, 1.54) is 10.2 Å². The van der Waals surface area contributed by atoms with Gasteiger partial charge in [-0.25, -0.2) is 4.68 Å². The minimum Gasteiger partial charge on any atom is -0.344 e. The number of hydrogen-bond acceptors (Lipinski definition) is 3. The number of hydrogen-bond donors (Lipinski definition) is 1. The third-order valence-electron chi connectivity index (χ3n) is 4.36. The average molecular weight is 335 g/mol. The van der Waals surface area contributed by atoms with Gasteiger partial charge in [0.1, 0.15) is 0 Å². The number of nitrogens with zero attached hydrogens (tertiary/aromatic N) is 2. The van der Waals surface area contributed by atoms with Gasteiger partial charge in [0.05, 0.1) is 11.4 Å². The molecule has 0 unspecified atom stereocenters. The molecule has 0 aliphatic heterocycles. The summed E-state index contributed by atoms with van der Waals surface area (Å²) in [5.41, 5.74) is 2.28. The van der Waals surface area contributed by atoms with Crippen LogP contribution in [0.25, 0.3) is 10.8 Å². The fourth-order valence-corrected chi connectivity index (χ4v) is 2.91. The average Bonchev–Trinajstić information content (AvgIpc) is 2.63. The maximum Gasteiger partial charge on any atom is 0.274 e. The predicted octanol–water partition coefficient (Wildman–Crippen LogP) is 3.12. The smallest absolute Gasteiger partial charge is 0.274 e. The van der Waals surface area contributed by atoms with E-state index in [0.29, 0.717) is 10.8 Å². The lowest BCUT2D eigenvalue weighted by Gasteiger charge is -2.18. The van der Waals surface area contributed by atoms with Crippen LogP contribution in [0.1, 0.15) is 41.0 Å². The van der Waals surface area contributed by atoms with Crippen molar-refractivity contribution < 1.29 is 4.79 Å². The SMILES string of the molecule is CC[C@H](NC(=O)c1nn(C)c(=O)c2ccccc12)c1ccc(C)cc1. The second kappa shape index (κ2) is 6.89. The Hall–Kier alpha value is -2.95. The Kier molecular flexibility index (Phi) is 4.65. The van der Waals surface area contributed by atoms with Gasteiger partial charge in [0, 0.05) is 12.4 Å². The van der Waals surface area contributed by atoms with Crippen LogP contribution in [0, 0.1) is 6.92 Å². The first-order valence-corrected chi connectivity index (χ1v) is 8.34. The zero-order valence-electron chi connectivity index (χ0n) is 14.6. The molecule has 25 heavy (non-hydrogen) atoms. The predicted molar refractivity (Wildman–Crippen MR) is 98.7 cm³/mol. The number of carbonyl (C=O) groups excluding carboxylic acids is 1. The maximum absolute atomic E-state index is 12.8. The molecule has 128 valence electrons. The molecule has 1 heterocycles. The fourth-order valence-electron chi connectivity index (χ4n) is 2.91.